The highest BCUT2D eigenvalue weighted by Gasteiger charge is 2.24. The largest absolute Gasteiger partial charge is 0.376 e. The van der Waals surface area contributed by atoms with Crippen molar-refractivity contribution in [3.63, 3.8) is 0 Å². The van der Waals surface area contributed by atoms with Gasteiger partial charge in [-0.3, -0.25) is 0 Å². The SMILES string of the molecule is CC(C)(C)c1c(Cl)ccc2c1CCOC2. The Labute approximate surface area is 96.4 Å². The van der Waals surface area contributed by atoms with Crippen LogP contribution < -0.4 is 0 Å². The second-order valence-corrected chi connectivity index (χ2v) is 5.52. The molecule has 0 aliphatic carbocycles. The monoisotopic (exact) mass is 224 g/mol. The maximum Gasteiger partial charge on any atom is 0.0719 e. The van der Waals surface area contributed by atoms with Crippen LogP contribution in [0, 0.1) is 0 Å². The summed E-state index contributed by atoms with van der Waals surface area (Å²) < 4.78 is 5.46. The molecule has 0 aromatic heterocycles. The number of hydrogen-bond acceptors (Lipinski definition) is 1. The average molecular weight is 225 g/mol. The molecule has 0 spiro atoms. The third-order valence-electron chi connectivity index (χ3n) is 2.86. The molecule has 1 nitrogen and oxygen atoms in total. The van der Waals surface area contributed by atoms with E-state index in [0.717, 1.165) is 24.7 Å². The fourth-order valence-electron chi connectivity index (χ4n) is 2.25. The zero-order valence-corrected chi connectivity index (χ0v) is 10.3. The fourth-order valence-corrected chi connectivity index (χ4v) is 2.71. The van der Waals surface area contributed by atoms with Crippen LogP contribution in [0.4, 0.5) is 0 Å². The van der Waals surface area contributed by atoms with Gasteiger partial charge in [0.05, 0.1) is 13.2 Å². The van der Waals surface area contributed by atoms with Crippen molar-refractivity contribution in [2.75, 3.05) is 6.61 Å². The first-order chi connectivity index (χ1) is 7.00. The molecule has 0 saturated carbocycles. The molecule has 1 aliphatic rings. The third kappa shape index (κ3) is 2.04. The number of rotatable bonds is 0. The Balaban J connectivity index is 2.60. The fraction of sp³-hybridized carbons (Fsp3) is 0.538. The van der Waals surface area contributed by atoms with Gasteiger partial charge in [-0.1, -0.05) is 38.4 Å². The summed E-state index contributed by atoms with van der Waals surface area (Å²) >= 11 is 6.31. The lowest BCUT2D eigenvalue weighted by Gasteiger charge is -2.28. The maximum atomic E-state index is 6.31. The molecule has 0 saturated heterocycles. The Morgan fingerprint density at radius 3 is 2.67 bits per heavy atom. The van der Waals surface area contributed by atoms with Crippen molar-refractivity contribution in [3.8, 4) is 0 Å². The number of fused-ring (bicyclic) bond motifs is 1. The minimum absolute atomic E-state index is 0.111. The molecule has 1 aromatic rings. The highest BCUT2D eigenvalue weighted by Crippen LogP contribution is 2.36. The van der Waals surface area contributed by atoms with Crippen molar-refractivity contribution >= 4 is 11.6 Å². The number of benzene rings is 1. The van der Waals surface area contributed by atoms with Gasteiger partial charge in [0.25, 0.3) is 0 Å². The zero-order chi connectivity index (χ0) is 11.1. The Hall–Kier alpha value is -0.530. The van der Waals surface area contributed by atoms with E-state index in [0.29, 0.717) is 0 Å². The molecule has 2 heteroatoms. The molecule has 0 amide bonds. The predicted octanol–water partition coefficient (Wildman–Crippen LogP) is 3.71. The Kier molecular flexibility index (Phi) is 2.78. The maximum absolute atomic E-state index is 6.31. The van der Waals surface area contributed by atoms with Gasteiger partial charge in [-0.2, -0.15) is 0 Å². The van der Waals surface area contributed by atoms with Crippen LogP contribution in [0.3, 0.4) is 0 Å². The van der Waals surface area contributed by atoms with Crippen molar-refractivity contribution in [2.24, 2.45) is 0 Å². The smallest absolute Gasteiger partial charge is 0.0719 e. The van der Waals surface area contributed by atoms with Crippen molar-refractivity contribution in [1.82, 2.24) is 0 Å². The van der Waals surface area contributed by atoms with E-state index >= 15 is 0 Å². The normalized spacial score (nSPS) is 16.3. The summed E-state index contributed by atoms with van der Waals surface area (Å²) in [6.45, 7) is 8.18. The summed E-state index contributed by atoms with van der Waals surface area (Å²) in [5, 5.41) is 0.892. The van der Waals surface area contributed by atoms with Crippen LogP contribution >= 0.6 is 11.6 Å². The van der Waals surface area contributed by atoms with Gasteiger partial charge in [-0.15, -0.1) is 0 Å². The van der Waals surface area contributed by atoms with Gasteiger partial charge in [-0.05, 0) is 34.6 Å². The number of hydrogen-bond donors (Lipinski definition) is 0. The lowest BCUT2D eigenvalue weighted by Crippen LogP contribution is -2.20. The van der Waals surface area contributed by atoms with Gasteiger partial charge in [0, 0.05) is 5.02 Å². The summed E-state index contributed by atoms with van der Waals surface area (Å²) in [6.07, 6.45) is 0.989. The summed E-state index contributed by atoms with van der Waals surface area (Å²) in [6, 6.07) is 4.09. The van der Waals surface area contributed by atoms with E-state index in [1.165, 1.54) is 16.7 Å². The molecule has 0 atom stereocenters. The quantitative estimate of drug-likeness (QED) is 0.653. The van der Waals surface area contributed by atoms with Gasteiger partial charge < -0.3 is 4.74 Å². The molecule has 15 heavy (non-hydrogen) atoms. The molecule has 0 N–H and O–H groups in total. The molecule has 1 heterocycles. The van der Waals surface area contributed by atoms with Crippen LogP contribution in [0.5, 0.6) is 0 Å². The molecule has 82 valence electrons. The van der Waals surface area contributed by atoms with E-state index in [1.807, 2.05) is 6.07 Å². The molecule has 1 aliphatic heterocycles. The van der Waals surface area contributed by atoms with E-state index in [2.05, 4.69) is 26.8 Å². The van der Waals surface area contributed by atoms with Crippen molar-refractivity contribution < 1.29 is 4.74 Å². The standard InChI is InChI=1S/C13H17ClO/c1-13(2,3)12-10-6-7-15-8-9(10)4-5-11(12)14/h4-5H,6-8H2,1-3H3. The zero-order valence-electron chi connectivity index (χ0n) is 9.56. The van der Waals surface area contributed by atoms with Crippen LogP contribution in [-0.2, 0) is 23.2 Å². The van der Waals surface area contributed by atoms with Gasteiger partial charge in [0.15, 0.2) is 0 Å². The molecule has 0 unspecified atom stereocenters. The van der Waals surface area contributed by atoms with Crippen molar-refractivity contribution in [1.29, 1.82) is 0 Å². The summed E-state index contributed by atoms with van der Waals surface area (Å²) in [4.78, 5) is 0. The van der Waals surface area contributed by atoms with Gasteiger partial charge in [0.2, 0.25) is 0 Å². The highest BCUT2D eigenvalue weighted by molar-refractivity contribution is 6.31. The molecule has 0 radical (unpaired) electrons. The lowest BCUT2D eigenvalue weighted by molar-refractivity contribution is 0.110. The molecule has 0 fully saturated rings. The highest BCUT2D eigenvalue weighted by atomic mass is 35.5. The predicted molar refractivity (Wildman–Crippen MR) is 63.5 cm³/mol. The van der Waals surface area contributed by atoms with E-state index in [4.69, 9.17) is 16.3 Å². The van der Waals surface area contributed by atoms with Crippen LogP contribution in [0.2, 0.25) is 5.02 Å². The minimum atomic E-state index is 0.111. The second kappa shape index (κ2) is 3.80. The van der Waals surface area contributed by atoms with E-state index in [9.17, 15) is 0 Å². The van der Waals surface area contributed by atoms with E-state index in [-0.39, 0.29) is 5.41 Å². The Bertz CT molecular complexity index is 377. The summed E-state index contributed by atoms with van der Waals surface area (Å²) in [5.41, 5.74) is 4.11. The van der Waals surface area contributed by atoms with Crippen LogP contribution in [0.1, 0.15) is 37.5 Å². The second-order valence-electron chi connectivity index (χ2n) is 5.11. The number of ether oxygens (including phenoxy) is 1. The lowest BCUT2D eigenvalue weighted by atomic mass is 9.81. The molecular formula is C13H17ClO. The molecule has 1 aromatic carbocycles. The summed E-state index contributed by atoms with van der Waals surface area (Å²) in [7, 11) is 0. The first-order valence-corrected chi connectivity index (χ1v) is 5.76. The molecular weight excluding hydrogens is 208 g/mol. The first kappa shape index (κ1) is 11.0. The number of halogens is 1. The average Bonchev–Trinajstić information content (AvgIpc) is 2.15. The first-order valence-electron chi connectivity index (χ1n) is 5.38. The molecule has 0 bridgehead atoms. The van der Waals surface area contributed by atoms with E-state index < -0.39 is 0 Å². The van der Waals surface area contributed by atoms with Crippen LogP contribution in [-0.4, -0.2) is 6.61 Å². The molecule has 2 rings (SSSR count). The van der Waals surface area contributed by atoms with Gasteiger partial charge in [-0.25, -0.2) is 0 Å². The van der Waals surface area contributed by atoms with E-state index in [1.54, 1.807) is 0 Å². The third-order valence-corrected chi connectivity index (χ3v) is 3.18. The Morgan fingerprint density at radius 2 is 2.00 bits per heavy atom. The van der Waals surface area contributed by atoms with Crippen molar-refractivity contribution in [3.05, 3.63) is 33.8 Å². The summed E-state index contributed by atoms with van der Waals surface area (Å²) in [5.74, 6) is 0. The van der Waals surface area contributed by atoms with Crippen LogP contribution in [0.15, 0.2) is 12.1 Å². The van der Waals surface area contributed by atoms with Crippen molar-refractivity contribution in [2.45, 2.75) is 39.2 Å². The van der Waals surface area contributed by atoms with Crippen LogP contribution in [0.25, 0.3) is 0 Å². The van der Waals surface area contributed by atoms with Gasteiger partial charge in [0.1, 0.15) is 0 Å². The minimum Gasteiger partial charge on any atom is -0.376 e. The topological polar surface area (TPSA) is 9.23 Å². The Morgan fingerprint density at radius 1 is 1.27 bits per heavy atom. The van der Waals surface area contributed by atoms with Gasteiger partial charge >= 0.3 is 0 Å².